The average Bonchev–Trinajstić information content (AvgIpc) is 3.07. The van der Waals surface area contributed by atoms with E-state index in [1.54, 1.807) is 6.07 Å². The second-order valence-corrected chi connectivity index (χ2v) is 7.70. The Hall–Kier alpha value is -3.32. The molecule has 2 N–H and O–H groups in total. The molecule has 0 fully saturated rings. The lowest BCUT2D eigenvalue weighted by atomic mass is 9.98. The first-order valence-corrected chi connectivity index (χ1v) is 10.0. The molecule has 0 bridgehead atoms. The summed E-state index contributed by atoms with van der Waals surface area (Å²) in [6.07, 6.45) is -0.750. The quantitative estimate of drug-likeness (QED) is 0.516. The molecule has 1 aliphatic carbocycles. The van der Waals surface area contributed by atoms with E-state index in [1.807, 2.05) is 36.4 Å². The summed E-state index contributed by atoms with van der Waals surface area (Å²) >= 11 is 3.24. The van der Waals surface area contributed by atoms with E-state index in [9.17, 15) is 14.7 Å². The Morgan fingerprint density at radius 3 is 2.20 bits per heavy atom. The number of carboxylic acids is 1. The largest absolute Gasteiger partial charge is 0.495 e. The van der Waals surface area contributed by atoms with Gasteiger partial charge in [0.25, 0.3) is 0 Å². The molecule has 7 heteroatoms. The predicted octanol–water partition coefficient (Wildman–Crippen LogP) is 5.52. The van der Waals surface area contributed by atoms with Crippen LogP contribution in [0, 0.1) is 0 Å². The molecule has 0 heterocycles. The number of benzene rings is 3. The third kappa shape index (κ3) is 3.64. The van der Waals surface area contributed by atoms with Gasteiger partial charge in [-0.2, -0.15) is 0 Å². The maximum absolute atomic E-state index is 12.5. The smallest absolute Gasteiger partial charge is 0.411 e. The summed E-state index contributed by atoms with van der Waals surface area (Å²) in [5, 5.41) is 12.0. The van der Waals surface area contributed by atoms with Crippen LogP contribution in [0.5, 0.6) is 5.75 Å². The standard InChI is InChI=1S/C23H18BrNO5/c1-29-20-11-13(24)10-18(22(26)27)21(20)25-23(28)30-12-19-16-8-4-2-6-14(16)15-7-3-5-9-17(15)19/h2-11,19H,12H2,1H3,(H,25,28)(H,26,27). The number of carbonyl (C=O) groups is 2. The molecule has 1 aliphatic rings. The number of methoxy groups -OCH3 is 1. The van der Waals surface area contributed by atoms with Gasteiger partial charge in [-0.15, -0.1) is 0 Å². The number of halogens is 1. The highest BCUT2D eigenvalue weighted by Gasteiger charge is 2.29. The van der Waals surface area contributed by atoms with Crippen molar-refractivity contribution in [2.45, 2.75) is 5.92 Å². The second-order valence-electron chi connectivity index (χ2n) is 6.79. The van der Waals surface area contributed by atoms with Crippen LogP contribution in [0.2, 0.25) is 0 Å². The molecule has 3 aromatic rings. The van der Waals surface area contributed by atoms with Crippen LogP contribution in [0.15, 0.2) is 65.1 Å². The minimum Gasteiger partial charge on any atom is -0.495 e. The molecule has 1 amide bonds. The molecule has 0 spiro atoms. The molecule has 0 aliphatic heterocycles. The van der Waals surface area contributed by atoms with E-state index in [-0.39, 0.29) is 29.5 Å². The van der Waals surface area contributed by atoms with Gasteiger partial charge in [-0.3, -0.25) is 5.32 Å². The van der Waals surface area contributed by atoms with E-state index >= 15 is 0 Å². The molecule has 0 aromatic heterocycles. The molecule has 0 radical (unpaired) electrons. The Bertz CT molecular complexity index is 1100. The van der Waals surface area contributed by atoms with E-state index < -0.39 is 12.1 Å². The van der Waals surface area contributed by atoms with Crippen molar-refractivity contribution in [2.24, 2.45) is 0 Å². The number of ether oxygens (including phenoxy) is 2. The third-order valence-electron chi connectivity index (χ3n) is 5.09. The third-order valence-corrected chi connectivity index (χ3v) is 5.55. The lowest BCUT2D eigenvalue weighted by Crippen LogP contribution is -2.20. The van der Waals surface area contributed by atoms with Crippen molar-refractivity contribution >= 4 is 33.7 Å². The highest BCUT2D eigenvalue weighted by Crippen LogP contribution is 2.44. The lowest BCUT2D eigenvalue weighted by molar-refractivity contribution is 0.0697. The summed E-state index contributed by atoms with van der Waals surface area (Å²) in [4.78, 5) is 24.1. The van der Waals surface area contributed by atoms with Crippen LogP contribution in [0.4, 0.5) is 10.5 Å². The van der Waals surface area contributed by atoms with Crippen molar-refractivity contribution in [3.63, 3.8) is 0 Å². The van der Waals surface area contributed by atoms with Crippen molar-refractivity contribution < 1.29 is 24.2 Å². The number of anilines is 1. The van der Waals surface area contributed by atoms with E-state index in [0.717, 1.165) is 22.3 Å². The number of fused-ring (bicyclic) bond motifs is 3. The van der Waals surface area contributed by atoms with Crippen LogP contribution in [0.25, 0.3) is 11.1 Å². The molecule has 0 unspecified atom stereocenters. The molecular formula is C23H18BrNO5. The number of carbonyl (C=O) groups excluding carboxylic acids is 1. The van der Waals surface area contributed by atoms with Crippen LogP contribution < -0.4 is 10.1 Å². The molecule has 0 atom stereocenters. The van der Waals surface area contributed by atoms with Crippen LogP contribution in [0.1, 0.15) is 27.4 Å². The van der Waals surface area contributed by atoms with Crippen molar-refractivity contribution in [2.75, 3.05) is 19.0 Å². The summed E-state index contributed by atoms with van der Waals surface area (Å²) in [6.45, 7) is 0.126. The molecule has 152 valence electrons. The summed E-state index contributed by atoms with van der Waals surface area (Å²) in [6, 6.07) is 19.0. The van der Waals surface area contributed by atoms with Crippen molar-refractivity contribution in [3.05, 3.63) is 81.8 Å². The summed E-state index contributed by atoms with van der Waals surface area (Å²) in [7, 11) is 1.40. The Labute approximate surface area is 181 Å². The first-order chi connectivity index (χ1) is 14.5. The van der Waals surface area contributed by atoms with Crippen LogP contribution in [-0.2, 0) is 4.74 Å². The second kappa shape index (κ2) is 8.20. The summed E-state index contributed by atoms with van der Waals surface area (Å²) < 4.78 is 11.2. The normalized spacial score (nSPS) is 12.1. The monoisotopic (exact) mass is 467 g/mol. The fraction of sp³-hybridized carbons (Fsp3) is 0.130. The van der Waals surface area contributed by atoms with Crippen molar-refractivity contribution in [1.82, 2.24) is 0 Å². The van der Waals surface area contributed by atoms with Gasteiger partial charge in [-0.1, -0.05) is 64.5 Å². The van der Waals surface area contributed by atoms with Crippen molar-refractivity contribution in [3.8, 4) is 16.9 Å². The molecule has 0 saturated carbocycles. The van der Waals surface area contributed by atoms with Crippen LogP contribution >= 0.6 is 15.9 Å². The topological polar surface area (TPSA) is 84.9 Å². The number of carboxylic acid groups (broad SMARTS) is 1. The van der Waals surface area contributed by atoms with Gasteiger partial charge in [0, 0.05) is 10.4 Å². The van der Waals surface area contributed by atoms with E-state index in [4.69, 9.17) is 9.47 Å². The molecule has 30 heavy (non-hydrogen) atoms. The Kier molecular flexibility index (Phi) is 5.46. The van der Waals surface area contributed by atoms with Gasteiger partial charge in [0.1, 0.15) is 18.0 Å². The number of nitrogens with one attached hydrogen (secondary N) is 1. The van der Waals surface area contributed by atoms with Crippen molar-refractivity contribution in [1.29, 1.82) is 0 Å². The summed E-state index contributed by atoms with van der Waals surface area (Å²) in [5.74, 6) is -1.06. The van der Waals surface area contributed by atoms with Gasteiger partial charge >= 0.3 is 12.1 Å². The Morgan fingerprint density at radius 2 is 1.63 bits per heavy atom. The van der Waals surface area contributed by atoms with Gasteiger partial charge in [0.15, 0.2) is 0 Å². The average molecular weight is 468 g/mol. The number of rotatable bonds is 5. The molecule has 0 saturated heterocycles. The van der Waals surface area contributed by atoms with E-state index in [1.165, 1.54) is 13.2 Å². The molecular weight excluding hydrogens is 450 g/mol. The zero-order chi connectivity index (χ0) is 21.3. The van der Waals surface area contributed by atoms with Gasteiger partial charge in [0.05, 0.1) is 12.7 Å². The van der Waals surface area contributed by atoms with Gasteiger partial charge in [-0.05, 0) is 34.4 Å². The number of aromatic carboxylic acids is 1. The first kappa shape index (κ1) is 20.0. The van der Waals surface area contributed by atoms with Gasteiger partial charge in [-0.25, -0.2) is 9.59 Å². The maximum Gasteiger partial charge on any atom is 0.411 e. The molecule has 6 nitrogen and oxygen atoms in total. The minimum absolute atomic E-state index is 0.0467. The lowest BCUT2D eigenvalue weighted by Gasteiger charge is -2.16. The Morgan fingerprint density at radius 1 is 1.03 bits per heavy atom. The minimum atomic E-state index is -1.19. The van der Waals surface area contributed by atoms with E-state index in [2.05, 4.69) is 33.4 Å². The zero-order valence-electron chi connectivity index (χ0n) is 16.0. The zero-order valence-corrected chi connectivity index (χ0v) is 17.6. The summed E-state index contributed by atoms with van der Waals surface area (Å²) in [5.41, 5.74) is 4.40. The van der Waals surface area contributed by atoms with Gasteiger partial charge < -0.3 is 14.6 Å². The number of amides is 1. The highest BCUT2D eigenvalue weighted by molar-refractivity contribution is 9.10. The highest BCUT2D eigenvalue weighted by atomic mass is 79.9. The number of hydrogen-bond donors (Lipinski definition) is 2. The van der Waals surface area contributed by atoms with Crippen LogP contribution in [-0.4, -0.2) is 30.9 Å². The maximum atomic E-state index is 12.5. The van der Waals surface area contributed by atoms with Gasteiger partial charge in [0.2, 0.25) is 0 Å². The van der Waals surface area contributed by atoms with Crippen LogP contribution in [0.3, 0.4) is 0 Å². The van der Waals surface area contributed by atoms with E-state index in [0.29, 0.717) is 4.47 Å². The fourth-order valence-electron chi connectivity index (χ4n) is 3.78. The fourth-order valence-corrected chi connectivity index (χ4v) is 4.21. The molecule has 3 aromatic carbocycles. The SMILES string of the molecule is COc1cc(Br)cc(C(=O)O)c1NC(=O)OCC1c2ccccc2-c2ccccc21. The Balaban J connectivity index is 1.55. The number of hydrogen-bond acceptors (Lipinski definition) is 4. The molecule has 4 rings (SSSR count). The first-order valence-electron chi connectivity index (χ1n) is 9.22. The predicted molar refractivity (Wildman–Crippen MR) is 116 cm³/mol.